The highest BCUT2D eigenvalue weighted by Gasteiger charge is 2.18. The summed E-state index contributed by atoms with van der Waals surface area (Å²) in [4.78, 5) is 11.0. The average Bonchev–Trinajstić information content (AvgIpc) is 1.93. The Hall–Kier alpha value is -0.240. The molecule has 1 N–H and O–H groups in total. The zero-order valence-electron chi connectivity index (χ0n) is 6.61. The van der Waals surface area contributed by atoms with Crippen molar-refractivity contribution in [3.63, 3.8) is 0 Å². The maximum atomic E-state index is 11.0. The summed E-state index contributed by atoms with van der Waals surface area (Å²) >= 11 is 5.45. The molecule has 0 heterocycles. The van der Waals surface area contributed by atoms with Crippen LogP contribution in [0.15, 0.2) is 0 Å². The zero-order chi connectivity index (χ0) is 8.10. The van der Waals surface area contributed by atoms with Gasteiger partial charge < -0.3 is 5.32 Å². The first-order valence-electron chi connectivity index (χ1n) is 4.18. The first kappa shape index (κ1) is 8.85. The molecule has 0 spiro atoms. The quantitative estimate of drug-likeness (QED) is 0.648. The van der Waals surface area contributed by atoms with Gasteiger partial charge in [-0.3, -0.25) is 4.79 Å². The summed E-state index contributed by atoms with van der Waals surface area (Å²) in [5.74, 6) is 0.744. The van der Waals surface area contributed by atoms with Gasteiger partial charge in [-0.15, -0.1) is 11.6 Å². The molecule has 1 aliphatic rings. The summed E-state index contributed by atoms with van der Waals surface area (Å²) in [5, 5.41) is 2.95. The Bertz CT molecular complexity index is 134. The van der Waals surface area contributed by atoms with Crippen LogP contribution in [0.3, 0.4) is 0 Å². The van der Waals surface area contributed by atoms with E-state index in [9.17, 15) is 4.79 Å². The first-order chi connectivity index (χ1) is 5.33. The second-order valence-electron chi connectivity index (χ2n) is 2.99. The minimum Gasteiger partial charge on any atom is -0.353 e. The predicted octanol–water partition coefficient (Wildman–Crippen LogP) is 1.67. The molecule has 0 aliphatic heterocycles. The number of halogens is 1. The van der Waals surface area contributed by atoms with Crippen molar-refractivity contribution in [1.82, 2.24) is 5.32 Å². The molecule has 0 unspecified atom stereocenters. The lowest BCUT2D eigenvalue weighted by molar-refractivity contribution is -0.122. The van der Waals surface area contributed by atoms with Gasteiger partial charge in [0.2, 0.25) is 5.91 Å². The molecule has 0 radical (unpaired) electrons. The van der Waals surface area contributed by atoms with Gasteiger partial charge in [0.25, 0.3) is 0 Å². The topological polar surface area (TPSA) is 29.1 Å². The van der Waals surface area contributed by atoms with E-state index in [1.807, 2.05) is 0 Å². The Morgan fingerprint density at radius 1 is 1.55 bits per heavy atom. The molecular weight excluding hydrogens is 162 g/mol. The van der Waals surface area contributed by atoms with Gasteiger partial charge in [-0.25, -0.2) is 0 Å². The van der Waals surface area contributed by atoms with E-state index in [4.69, 9.17) is 11.6 Å². The third-order valence-electron chi connectivity index (χ3n) is 2.01. The predicted molar refractivity (Wildman–Crippen MR) is 45.7 cm³/mol. The molecule has 0 aromatic heterocycles. The second kappa shape index (κ2) is 4.60. The zero-order valence-corrected chi connectivity index (χ0v) is 7.36. The van der Waals surface area contributed by atoms with Crippen molar-refractivity contribution in [2.75, 3.05) is 5.88 Å². The molecule has 1 rings (SSSR count). The fraction of sp³-hybridized carbons (Fsp3) is 0.875. The Kier molecular flexibility index (Phi) is 3.70. The van der Waals surface area contributed by atoms with Crippen molar-refractivity contribution in [2.24, 2.45) is 0 Å². The number of nitrogens with one attached hydrogen (secondary N) is 1. The molecule has 64 valence electrons. The Morgan fingerprint density at radius 3 is 2.73 bits per heavy atom. The molecule has 11 heavy (non-hydrogen) atoms. The van der Waals surface area contributed by atoms with Crippen molar-refractivity contribution in [3.8, 4) is 0 Å². The van der Waals surface area contributed by atoms with Gasteiger partial charge in [-0.2, -0.15) is 0 Å². The van der Waals surface area contributed by atoms with E-state index in [-0.39, 0.29) is 5.91 Å². The average molecular weight is 176 g/mol. The summed E-state index contributed by atoms with van der Waals surface area (Å²) in [5.41, 5.74) is 0. The van der Waals surface area contributed by atoms with E-state index in [1.165, 1.54) is 6.42 Å². The van der Waals surface area contributed by atoms with Crippen LogP contribution < -0.4 is 5.32 Å². The number of hydrogen-bond acceptors (Lipinski definition) is 1. The molecule has 1 amide bonds. The van der Waals surface area contributed by atoms with Crippen LogP contribution in [0.2, 0.25) is 0 Å². The van der Waals surface area contributed by atoms with E-state index >= 15 is 0 Å². The largest absolute Gasteiger partial charge is 0.353 e. The first-order valence-corrected chi connectivity index (χ1v) is 4.71. The lowest BCUT2D eigenvalue weighted by atomic mass is 9.93. The third kappa shape index (κ3) is 3.10. The molecule has 3 heteroatoms. The molecule has 2 nitrogen and oxygen atoms in total. The van der Waals surface area contributed by atoms with Crippen molar-refractivity contribution < 1.29 is 4.79 Å². The molecule has 0 aromatic carbocycles. The van der Waals surface area contributed by atoms with E-state index in [2.05, 4.69) is 5.32 Å². The van der Waals surface area contributed by atoms with E-state index < -0.39 is 0 Å². The maximum absolute atomic E-state index is 11.0. The highest BCUT2D eigenvalue weighted by molar-refractivity contribution is 6.17. The van der Waals surface area contributed by atoms with Crippen molar-refractivity contribution >= 4 is 17.5 Å². The van der Waals surface area contributed by atoms with Gasteiger partial charge in [-0.1, -0.05) is 0 Å². The van der Waals surface area contributed by atoms with Crippen LogP contribution in [0.4, 0.5) is 0 Å². The summed E-state index contributed by atoms with van der Waals surface area (Å²) in [6.45, 7) is 0. The van der Waals surface area contributed by atoms with Gasteiger partial charge in [0.05, 0.1) is 0 Å². The number of rotatable bonds is 4. The van der Waals surface area contributed by atoms with Crippen LogP contribution in [-0.2, 0) is 4.79 Å². The molecule has 1 aliphatic carbocycles. The van der Waals surface area contributed by atoms with Crippen molar-refractivity contribution in [1.29, 1.82) is 0 Å². The van der Waals surface area contributed by atoms with Gasteiger partial charge >= 0.3 is 0 Å². The summed E-state index contributed by atoms with van der Waals surface area (Å²) in [6.07, 6.45) is 4.96. The number of amides is 1. The summed E-state index contributed by atoms with van der Waals surface area (Å²) in [6, 6.07) is 0.470. The lowest BCUT2D eigenvalue weighted by Crippen LogP contribution is -2.39. The standard InChI is InChI=1S/C8H14ClNO/c9-6-2-5-8(11)10-7-3-1-4-7/h7H,1-6H2,(H,10,11). The van der Waals surface area contributed by atoms with Gasteiger partial charge in [0.15, 0.2) is 0 Å². The Balaban J connectivity index is 2.00. The molecule has 0 aromatic rings. The Labute approximate surface area is 72.3 Å². The molecule has 0 saturated heterocycles. The number of alkyl halides is 1. The lowest BCUT2D eigenvalue weighted by Gasteiger charge is -2.26. The SMILES string of the molecule is O=C(CCCCl)NC1CCC1. The van der Waals surface area contributed by atoms with Gasteiger partial charge in [-0.05, 0) is 25.7 Å². The number of carbonyl (C=O) groups excluding carboxylic acids is 1. The van der Waals surface area contributed by atoms with Crippen LogP contribution in [0.25, 0.3) is 0 Å². The van der Waals surface area contributed by atoms with E-state index in [1.54, 1.807) is 0 Å². The van der Waals surface area contributed by atoms with Crippen molar-refractivity contribution in [3.05, 3.63) is 0 Å². The fourth-order valence-electron chi connectivity index (χ4n) is 1.08. The van der Waals surface area contributed by atoms with Crippen LogP contribution in [0.1, 0.15) is 32.1 Å². The summed E-state index contributed by atoms with van der Waals surface area (Å²) < 4.78 is 0. The minimum atomic E-state index is 0.162. The normalized spacial score (nSPS) is 17.5. The monoisotopic (exact) mass is 175 g/mol. The van der Waals surface area contributed by atoms with E-state index in [0.717, 1.165) is 19.3 Å². The third-order valence-corrected chi connectivity index (χ3v) is 2.28. The molecule has 1 saturated carbocycles. The molecule has 0 atom stereocenters. The fourth-order valence-corrected chi connectivity index (χ4v) is 1.21. The maximum Gasteiger partial charge on any atom is 0.220 e. The van der Waals surface area contributed by atoms with Crippen LogP contribution in [0, 0.1) is 0 Å². The second-order valence-corrected chi connectivity index (χ2v) is 3.37. The van der Waals surface area contributed by atoms with E-state index in [0.29, 0.717) is 18.3 Å². The van der Waals surface area contributed by atoms with Crippen LogP contribution >= 0.6 is 11.6 Å². The number of hydrogen-bond donors (Lipinski definition) is 1. The van der Waals surface area contributed by atoms with Gasteiger partial charge in [0, 0.05) is 18.3 Å². The van der Waals surface area contributed by atoms with Gasteiger partial charge in [0.1, 0.15) is 0 Å². The van der Waals surface area contributed by atoms with Crippen LogP contribution in [0.5, 0.6) is 0 Å². The summed E-state index contributed by atoms with van der Waals surface area (Å²) in [7, 11) is 0. The molecule has 0 bridgehead atoms. The van der Waals surface area contributed by atoms with Crippen LogP contribution in [-0.4, -0.2) is 17.8 Å². The highest BCUT2D eigenvalue weighted by atomic mass is 35.5. The number of carbonyl (C=O) groups is 1. The smallest absolute Gasteiger partial charge is 0.220 e. The highest BCUT2D eigenvalue weighted by Crippen LogP contribution is 2.17. The van der Waals surface area contributed by atoms with Crippen molar-refractivity contribution in [2.45, 2.75) is 38.1 Å². The Morgan fingerprint density at radius 2 is 2.27 bits per heavy atom. The minimum absolute atomic E-state index is 0.162. The molecule has 1 fully saturated rings. The molecular formula is C8H14ClNO.